The van der Waals surface area contributed by atoms with E-state index in [1.54, 1.807) is 24.1 Å². The van der Waals surface area contributed by atoms with Gasteiger partial charge in [-0.25, -0.2) is 0 Å². The molecule has 0 bridgehead atoms. The van der Waals surface area contributed by atoms with Crippen LogP contribution in [0, 0.1) is 0 Å². The van der Waals surface area contributed by atoms with E-state index in [1.807, 2.05) is 12.1 Å². The molecule has 1 aliphatic rings. The topological polar surface area (TPSA) is 71.0 Å². The highest BCUT2D eigenvalue weighted by Crippen LogP contribution is 2.22. The molecule has 1 amide bonds. The van der Waals surface area contributed by atoms with Gasteiger partial charge < -0.3 is 24.8 Å². The van der Waals surface area contributed by atoms with Crippen molar-refractivity contribution in [1.29, 1.82) is 0 Å². The Morgan fingerprint density at radius 1 is 1.48 bits per heavy atom. The third-order valence-corrected chi connectivity index (χ3v) is 3.32. The van der Waals surface area contributed by atoms with Gasteiger partial charge >= 0.3 is 0 Å². The predicted octanol–water partition coefficient (Wildman–Crippen LogP) is 0.118. The number of methoxy groups -OCH3 is 1. The van der Waals surface area contributed by atoms with E-state index in [4.69, 9.17) is 9.47 Å². The number of carbonyl (C=O) groups excluding carboxylic acids is 1. The van der Waals surface area contributed by atoms with Crippen molar-refractivity contribution in [3.05, 3.63) is 29.8 Å². The molecular weight excluding hydrogens is 272 g/mol. The molecule has 0 spiro atoms. The minimum atomic E-state index is -0.615. The van der Waals surface area contributed by atoms with E-state index in [0.29, 0.717) is 44.2 Å². The number of β-amino-alcohol motifs (C(OH)–C–C–N with tert-alkyl or cyclic N) is 1. The first-order valence-electron chi connectivity index (χ1n) is 7.11. The number of amides is 1. The molecule has 21 heavy (non-hydrogen) atoms. The maximum absolute atomic E-state index is 12.4. The Bertz CT molecular complexity index is 467. The lowest BCUT2D eigenvalue weighted by atomic mass is 10.1. The van der Waals surface area contributed by atoms with E-state index in [-0.39, 0.29) is 12.5 Å². The van der Waals surface area contributed by atoms with Crippen LogP contribution in [-0.4, -0.2) is 68.5 Å². The molecule has 0 aromatic heterocycles. The molecule has 6 heteroatoms. The van der Waals surface area contributed by atoms with Crippen molar-refractivity contribution in [2.75, 3.05) is 46.5 Å². The summed E-state index contributed by atoms with van der Waals surface area (Å²) in [7, 11) is 1.63. The van der Waals surface area contributed by atoms with Crippen molar-refractivity contribution in [3.8, 4) is 5.75 Å². The number of para-hydroxylation sites is 1. The van der Waals surface area contributed by atoms with E-state index in [0.717, 1.165) is 0 Å². The van der Waals surface area contributed by atoms with Crippen molar-refractivity contribution in [3.63, 3.8) is 0 Å². The third kappa shape index (κ3) is 4.42. The number of aliphatic hydroxyl groups is 1. The molecule has 1 atom stereocenters. The van der Waals surface area contributed by atoms with Gasteiger partial charge in [-0.05, 0) is 12.1 Å². The molecule has 1 aromatic carbocycles. The van der Waals surface area contributed by atoms with Gasteiger partial charge in [0.1, 0.15) is 12.4 Å². The first-order valence-corrected chi connectivity index (χ1v) is 7.11. The molecule has 1 unspecified atom stereocenters. The predicted molar refractivity (Wildman–Crippen MR) is 78.6 cm³/mol. The lowest BCUT2D eigenvalue weighted by molar-refractivity contribution is 0.0614. The van der Waals surface area contributed by atoms with Crippen LogP contribution in [0.2, 0.25) is 0 Å². The molecule has 0 aliphatic carbocycles. The number of fused-ring (bicyclic) bond motifs is 1. The van der Waals surface area contributed by atoms with E-state index < -0.39 is 6.10 Å². The lowest BCUT2D eigenvalue weighted by Gasteiger charge is -2.23. The normalized spacial score (nSPS) is 16.1. The molecule has 0 fully saturated rings. The number of aliphatic hydroxyl groups excluding tert-OH is 1. The Balaban J connectivity index is 1.90. The fourth-order valence-corrected chi connectivity index (χ4v) is 2.24. The van der Waals surface area contributed by atoms with Gasteiger partial charge in [0.05, 0.1) is 24.8 Å². The van der Waals surface area contributed by atoms with Crippen LogP contribution in [0.1, 0.15) is 10.4 Å². The summed E-state index contributed by atoms with van der Waals surface area (Å²) in [6, 6.07) is 7.20. The average molecular weight is 294 g/mol. The summed E-state index contributed by atoms with van der Waals surface area (Å²) in [5.74, 6) is 0.511. The summed E-state index contributed by atoms with van der Waals surface area (Å²) in [5, 5.41) is 13.1. The van der Waals surface area contributed by atoms with E-state index in [9.17, 15) is 9.90 Å². The van der Waals surface area contributed by atoms with Gasteiger partial charge in [0, 0.05) is 26.7 Å². The summed E-state index contributed by atoms with van der Waals surface area (Å²) in [6.07, 6.45) is -0.615. The molecular formula is C15H22N2O4. The van der Waals surface area contributed by atoms with Crippen molar-refractivity contribution >= 4 is 5.91 Å². The zero-order valence-electron chi connectivity index (χ0n) is 12.2. The number of nitrogens with zero attached hydrogens (tertiary/aromatic N) is 1. The molecule has 2 N–H and O–H groups in total. The van der Waals surface area contributed by atoms with E-state index in [2.05, 4.69) is 5.32 Å². The smallest absolute Gasteiger partial charge is 0.257 e. The van der Waals surface area contributed by atoms with Gasteiger partial charge in [0.2, 0.25) is 0 Å². The second-order valence-electron chi connectivity index (χ2n) is 4.95. The van der Waals surface area contributed by atoms with Crippen molar-refractivity contribution in [2.24, 2.45) is 0 Å². The van der Waals surface area contributed by atoms with Crippen molar-refractivity contribution in [2.45, 2.75) is 6.10 Å². The summed E-state index contributed by atoms with van der Waals surface area (Å²) in [5.41, 5.74) is 0.551. The first kappa shape index (κ1) is 15.8. The van der Waals surface area contributed by atoms with E-state index >= 15 is 0 Å². The monoisotopic (exact) mass is 294 g/mol. The van der Waals surface area contributed by atoms with Gasteiger partial charge in [0.25, 0.3) is 5.91 Å². The molecule has 116 valence electrons. The van der Waals surface area contributed by atoms with Gasteiger partial charge in [-0.2, -0.15) is 0 Å². The fraction of sp³-hybridized carbons (Fsp3) is 0.533. The van der Waals surface area contributed by atoms with Crippen molar-refractivity contribution < 1.29 is 19.4 Å². The number of hydrogen-bond acceptors (Lipinski definition) is 5. The highest BCUT2D eigenvalue weighted by atomic mass is 16.5. The molecule has 2 rings (SSSR count). The minimum absolute atomic E-state index is 0.0981. The zero-order chi connectivity index (χ0) is 15.1. The van der Waals surface area contributed by atoms with Crippen LogP contribution in [0.15, 0.2) is 24.3 Å². The second kappa shape index (κ2) is 7.97. The quantitative estimate of drug-likeness (QED) is 0.699. The summed E-state index contributed by atoms with van der Waals surface area (Å²) >= 11 is 0. The van der Waals surface area contributed by atoms with Crippen molar-refractivity contribution in [1.82, 2.24) is 10.2 Å². The maximum Gasteiger partial charge on any atom is 0.257 e. The van der Waals surface area contributed by atoms with Crippen LogP contribution in [0.4, 0.5) is 0 Å². The fourth-order valence-electron chi connectivity index (χ4n) is 2.24. The Kier molecular flexibility index (Phi) is 5.98. The second-order valence-corrected chi connectivity index (χ2v) is 4.95. The summed E-state index contributed by atoms with van der Waals surface area (Å²) in [4.78, 5) is 14.1. The number of ether oxygens (including phenoxy) is 2. The Labute approximate surface area is 124 Å². The Hall–Kier alpha value is -1.63. The van der Waals surface area contributed by atoms with Gasteiger partial charge in [-0.1, -0.05) is 12.1 Å². The van der Waals surface area contributed by atoms with Crippen LogP contribution in [-0.2, 0) is 4.74 Å². The van der Waals surface area contributed by atoms with E-state index in [1.165, 1.54) is 0 Å². The Morgan fingerprint density at radius 3 is 3.10 bits per heavy atom. The lowest BCUT2D eigenvalue weighted by Crippen LogP contribution is -2.42. The van der Waals surface area contributed by atoms with Crippen LogP contribution in [0.25, 0.3) is 0 Å². The zero-order valence-corrected chi connectivity index (χ0v) is 12.2. The van der Waals surface area contributed by atoms with Gasteiger partial charge in [0.15, 0.2) is 0 Å². The molecule has 1 aliphatic heterocycles. The third-order valence-electron chi connectivity index (χ3n) is 3.32. The van der Waals surface area contributed by atoms with Crippen LogP contribution in [0.5, 0.6) is 5.75 Å². The number of rotatable bonds is 7. The molecule has 1 heterocycles. The van der Waals surface area contributed by atoms with Crippen LogP contribution < -0.4 is 10.1 Å². The molecule has 1 aromatic rings. The molecule has 0 saturated carbocycles. The first-order chi connectivity index (χ1) is 10.2. The summed E-state index contributed by atoms with van der Waals surface area (Å²) < 4.78 is 10.5. The SMILES string of the molecule is COCCNCC(O)CN1CCOc2ccccc2C1=O. The van der Waals surface area contributed by atoms with Crippen LogP contribution >= 0.6 is 0 Å². The minimum Gasteiger partial charge on any atom is -0.491 e. The number of hydrogen-bond donors (Lipinski definition) is 2. The Morgan fingerprint density at radius 2 is 2.29 bits per heavy atom. The number of nitrogens with one attached hydrogen (secondary N) is 1. The highest BCUT2D eigenvalue weighted by Gasteiger charge is 2.24. The largest absolute Gasteiger partial charge is 0.491 e. The molecule has 6 nitrogen and oxygen atoms in total. The standard InChI is InChI=1S/C15H22N2O4/c1-20-8-6-16-10-12(18)11-17-7-9-21-14-5-3-2-4-13(14)15(17)19/h2-5,12,16,18H,6-11H2,1H3. The molecule has 0 saturated heterocycles. The highest BCUT2D eigenvalue weighted by molar-refractivity contribution is 5.97. The number of benzene rings is 1. The molecule has 0 radical (unpaired) electrons. The summed E-state index contributed by atoms with van der Waals surface area (Å²) in [6.45, 7) is 2.89. The van der Waals surface area contributed by atoms with Crippen LogP contribution in [0.3, 0.4) is 0 Å². The average Bonchev–Trinajstić information content (AvgIpc) is 2.64. The van der Waals surface area contributed by atoms with Gasteiger partial charge in [-0.3, -0.25) is 4.79 Å². The van der Waals surface area contributed by atoms with Gasteiger partial charge in [-0.15, -0.1) is 0 Å². The maximum atomic E-state index is 12.4. The number of carbonyl (C=O) groups is 1.